The van der Waals surface area contributed by atoms with Gasteiger partial charge in [-0.3, -0.25) is 10.1 Å². The van der Waals surface area contributed by atoms with Gasteiger partial charge in [0.2, 0.25) is 0 Å². The number of nitrogens with two attached hydrogens (primary N) is 1. The Bertz CT molecular complexity index is 373. The minimum absolute atomic E-state index is 0.0283. The molecule has 0 aliphatic carbocycles. The second-order valence-corrected chi connectivity index (χ2v) is 4.06. The molecule has 0 radical (unpaired) electrons. The zero-order chi connectivity index (χ0) is 12.0. The van der Waals surface area contributed by atoms with Crippen LogP contribution in [-0.2, 0) is 0 Å². The Hall–Kier alpha value is -1.21. The molecule has 7 heteroatoms. The number of aromatic nitrogens is 1. The number of nitrogens with zero attached hydrogens (tertiary/aromatic N) is 2. The summed E-state index contributed by atoms with van der Waals surface area (Å²) in [5.74, 6) is 0.614. The van der Waals surface area contributed by atoms with Crippen LogP contribution >= 0.6 is 15.9 Å². The predicted molar refractivity (Wildman–Crippen MR) is 65.4 cm³/mol. The fourth-order valence-electron chi connectivity index (χ4n) is 1.13. The van der Waals surface area contributed by atoms with E-state index >= 15 is 0 Å². The third-order valence-electron chi connectivity index (χ3n) is 1.96. The topological polar surface area (TPSA) is 94.1 Å². The summed E-state index contributed by atoms with van der Waals surface area (Å²) < 4.78 is 0.592. The first-order valence-corrected chi connectivity index (χ1v) is 5.68. The Balaban J connectivity index is 2.57. The van der Waals surface area contributed by atoms with Gasteiger partial charge < -0.3 is 11.1 Å². The first kappa shape index (κ1) is 12.9. The summed E-state index contributed by atoms with van der Waals surface area (Å²) in [7, 11) is 0. The fraction of sp³-hybridized carbons (Fsp3) is 0.444. The number of hydrogen-bond donors (Lipinski definition) is 2. The van der Waals surface area contributed by atoms with Crippen molar-refractivity contribution in [1.82, 2.24) is 4.98 Å². The van der Waals surface area contributed by atoms with Crippen molar-refractivity contribution in [3.63, 3.8) is 0 Å². The van der Waals surface area contributed by atoms with Gasteiger partial charge in [0.25, 0.3) is 5.69 Å². The summed E-state index contributed by atoms with van der Waals surface area (Å²) >= 11 is 3.23. The molecule has 1 heterocycles. The van der Waals surface area contributed by atoms with Crippen LogP contribution in [-0.4, -0.2) is 23.0 Å². The van der Waals surface area contributed by atoms with E-state index in [-0.39, 0.29) is 5.69 Å². The van der Waals surface area contributed by atoms with Gasteiger partial charge in [0, 0.05) is 12.6 Å². The van der Waals surface area contributed by atoms with Crippen molar-refractivity contribution in [2.24, 2.45) is 5.73 Å². The number of hydrogen-bond acceptors (Lipinski definition) is 5. The van der Waals surface area contributed by atoms with E-state index in [2.05, 4.69) is 26.2 Å². The highest BCUT2D eigenvalue weighted by molar-refractivity contribution is 9.10. The lowest BCUT2D eigenvalue weighted by molar-refractivity contribution is -0.385. The minimum atomic E-state index is -0.476. The molecule has 88 valence electrons. The highest BCUT2D eigenvalue weighted by Gasteiger charge is 2.09. The minimum Gasteiger partial charge on any atom is -0.369 e. The number of unbranched alkanes of at least 4 members (excludes halogenated alkanes) is 1. The van der Waals surface area contributed by atoms with Gasteiger partial charge in [-0.25, -0.2) is 4.98 Å². The van der Waals surface area contributed by atoms with Crippen LogP contribution in [0.2, 0.25) is 0 Å². The van der Waals surface area contributed by atoms with Crippen LogP contribution in [0.25, 0.3) is 0 Å². The Morgan fingerprint density at radius 2 is 2.31 bits per heavy atom. The van der Waals surface area contributed by atoms with Crippen LogP contribution in [0.1, 0.15) is 12.8 Å². The maximum atomic E-state index is 10.5. The van der Waals surface area contributed by atoms with Gasteiger partial charge in [-0.1, -0.05) is 0 Å². The molecule has 0 aliphatic rings. The molecule has 1 aromatic rings. The summed E-state index contributed by atoms with van der Waals surface area (Å²) in [6, 6.07) is 1.43. The summed E-state index contributed by atoms with van der Waals surface area (Å²) in [5, 5.41) is 13.6. The highest BCUT2D eigenvalue weighted by atomic mass is 79.9. The zero-order valence-electron chi connectivity index (χ0n) is 8.65. The normalized spacial score (nSPS) is 10.1. The molecule has 6 nitrogen and oxygen atoms in total. The second-order valence-electron chi connectivity index (χ2n) is 3.20. The van der Waals surface area contributed by atoms with E-state index in [4.69, 9.17) is 5.73 Å². The van der Waals surface area contributed by atoms with Gasteiger partial charge in [0.15, 0.2) is 0 Å². The average Bonchev–Trinajstić information content (AvgIpc) is 2.26. The van der Waals surface area contributed by atoms with Gasteiger partial charge in [-0.2, -0.15) is 0 Å². The van der Waals surface area contributed by atoms with Crippen molar-refractivity contribution in [2.45, 2.75) is 12.8 Å². The predicted octanol–water partition coefficient (Wildman–Crippen LogP) is 1.90. The Kier molecular flexibility index (Phi) is 5.13. The molecular formula is C9H13BrN4O2. The molecule has 0 bridgehead atoms. The van der Waals surface area contributed by atoms with Crippen LogP contribution in [0.5, 0.6) is 0 Å². The first-order chi connectivity index (χ1) is 7.65. The van der Waals surface area contributed by atoms with Crippen LogP contribution in [0.3, 0.4) is 0 Å². The summed E-state index contributed by atoms with van der Waals surface area (Å²) in [6.07, 6.45) is 3.12. The number of pyridine rings is 1. The lowest BCUT2D eigenvalue weighted by Crippen LogP contribution is -2.07. The monoisotopic (exact) mass is 288 g/mol. The number of nitrogens with one attached hydrogen (secondary N) is 1. The van der Waals surface area contributed by atoms with Crippen molar-refractivity contribution in [2.75, 3.05) is 18.4 Å². The van der Waals surface area contributed by atoms with E-state index in [0.29, 0.717) is 16.8 Å². The molecule has 0 atom stereocenters. The van der Waals surface area contributed by atoms with Gasteiger partial charge in [-0.05, 0) is 35.3 Å². The molecule has 0 saturated carbocycles. The molecule has 0 fully saturated rings. The lowest BCUT2D eigenvalue weighted by atomic mass is 10.3. The number of nitro groups is 1. The van der Waals surface area contributed by atoms with Gasteiger partial charge in [-0.15, -0.1) is 0 Å². The molecule has 0 spiro atoms. The highest BCUT2D eigenvalue weighted by Crippen LogP contribution is 2.24. The van der Waals surface area contributed by atoms with E-state index in [1.165, 1.54) is 12.3 Å². The largest absolute Gasteiger partial charge is 0.369 e. The maximum Gasteiger partial charge on any atom is 0.288 e. The summed E-state index contributed by atoms with van der Waals surface area (Å²) in [4.78, 5) is 14.0. The third-order valence-corrected chi connectivity index (χ3v) is 2.57. The van der Waals surface area contributed by atoms with Crippen LogP contribution < -0.4 is 11.1 Å². The fourth-order valence-corrected chi connectivity index (χ4v) is 1.61. The van der Waals surface area contributed by atoms with E-state index in [1.807, 2.05) is 0 Å². The third kappa shape index (κ3) is 3.74. The number of anilines is 1. The number of rotatable bonds is 6. The van der Waals surface area contributed by atoms with Crippen molar-refractivity contribution in [3.8, 4) is 0 Å². The van der Waals surface area contributed by atoms with Crippen molar-refractivity contribution in [3.05, 3.63) is 26.9 Å². The zero-order valence-corrected chi connectivity index (χ0v) is 10.2. The van der Waals surface area contributed by atoms with Gasteiger partial charge in [0.1, 0.15) is 12.0 Å². The van der Waals surface area contributed by atoms with Crippen molar-refractivity contribution in [1.29, 1.82) is 0 Å². The molecule has 0 amide bonds. The SMILES string of the molecule is NCCCCNc1ncc([N+](=O)[O-])cc1Br. The second kappa shape index (κ2) is 6.39. The van der Waals surface area contributed by atoms with E-state index < -0.39 is 4.92 Å². The standard InChI is InChI=1S/C9H13BrN4O2/c10-8-5-7(14(15)16)6-13-9(8)12-4-2-1-3-11/h5-6H,1-4,11H2,(H,12,13). The Morgan fingerprint density at radius 3 is 2.88 bits per heavy atom. The molecule has 0 unspecified atom stereocenters. The molecule has 3 N–H and O–H groups in total. The quantitative estimate of drug-likeness (QED) is 0.474. The molecular weight excluding hydrogens is 276 g/mol. The van der Waals surface area contributed by atoms with Crippen LogP contribution in [0.4, 0.5) is 11.5 Å². The molecule has 0 aliphatic heterocycles. The maximum absolute atomic E-state index is 10.5. The lowest BCUT2D eigenvalue weighted by Gasteiger charge is -2.06. The first-order valence-electron chi connectivity index (χ1n) is 4.89. The smallest absolute Gasteiger partial charge is 0.288 e. The van der Waals surface area contributed by atoms with E-state index in [9.17, 15) is 10.1 Å². The Labute approximate surface area is 102 Å². The van der Waals surface area contributed by atoms with Crippen LogP contribution in [0, 0.1) is 10.1 Å². The summed E-state index contributed by atoms with van der Waals surface area (Å²) in [5.41, 5.74) is 5.34. The van der Waals surface area contributed by atoms with Gasteiger partial charge >= 0.3 is 0 Å². The van der Waals surface area contributed by atoms with Crippen molar-refractivity contribution >= 4 is 27.4 Å². The molecule has 0 saturated heterocycles. The molecule has 0 aromatic carbocycles. The van der Waals surface area contributed by atoms with Gasteiger partial charge in [0.05, 0.1) is 9.40 Å². The molecule has 16 heavy (non-hydrogen) atoms. The Morgan fingerprint density at radius 1 is 1.56 bits per heavy atom. The van der Waals surface area contributed by atoms with Crippen LogP contribution in [0.15, 0.2) is 16.7 Å². The molecule has 1 rings (SSSR count). The van der Waals surface area contributed by atoms with E-state index in [0.717, 1.165) is 19.4 Å². The van der Waals surface area contributed by atoms with E-state index in [1.54, 1.807) is 0 Å². The number of halogens is 1. The van der Waals surface area contributed by atoms with Crippen molar-refractivity contribution < 1.29 is 4.92 Å². The average molecular weight is 289 g/mol. The summed E-state index contributed by atoms with van der Waals surface area (Å²) in [6.45, 7) is 1.41. The molecule has 1 aromatic heterocycles.